The van der Waals surface area contributed by atoms with Crippen LogP contribution in [-0.2, 0) is 33.3 Å². The summed E-state index contributed by atoms with van der Waals surface area (Å²) in [6.45, 7) is 3.29. The van der Waals surface area contributed by atoms with Crippen molar-refractivity contribution in [2.45, 2.75) is 45.4 Å². The average Bonchev–Trinajstić information content (AvgIpc) is 2.25. The molecule has 1 heterocycles. The highest BCUT2D eigenvalue weighted by molar-refractivity contribution is 5.68. The Morgan fingerprint density at radius 1 is 0.947 bits per heavy atom. The van der Waals surface area contributed by atoms with Crippen molar-refractivity contribution in [2.75, 3.05) is 6.61 Å². The topological polar surface area (TPSA) is 108 Å². The van der Waals surface area contributed by atoms with Gasteiger partial charge >= 0.3 is 17.9 Å². The van der Waals surface area contributed by atoms with Gasteiger partial charge in [0.05, 0.1) is 6.61 Å². The molecule has 0 amide bonds. The van der Waals surface area contributed by atoms with Crippen molar-refractivity contribution in [1.29, 1.82) is 0 Å². The van der Waals surface area contributed by atoms with Crippen LogP contribution in [0, 0.1) is 0 Å². The summed E-state index contributed by atoms with van der Waals surface area (Å²) in [4.78, 5) is 33.0. The Morgan fingerprint density at radius 3 is 1.89 bits per heavy atom. The summed E-state index contributed by atoms with van der Waals surface area (Å²) in [6.07, 6.45) is -4.78. The van der Waals surface area contributed by atoms with E-state index in [1.807, 2.05) is 0 Å². The maximum Gasteiger partial charge on any atom is 0.303 e. The number of ether oxygens (including phenoxy) is 4. The number of carbonyl (C=O) groups excluding carboxylic acids is 3. The molecule has 0 aromatic heterocycles. The summed E-state index contributed by atoms with van der Waals surface area (Å²) in [7, 11) is 0. The van der Waals surface area contributed by atoms with Crippen molar-refractivity contribution in [1.82, 2.24) is 0 Å². The summed E-state index contributed by atoms with van der Waals surface area (Å²) in [5.74, 6) is -1.95. The first-order valence-electron chi connectivity index (χ1n) is 5.62. The molecule has 0 bridgehead atoms. The van der Waals surface area contributed by atoms with E-state index in [0.29, 0.717) is 0 Å². The average molecular weight is 276 g/mol. The van der Waals surface area contributed by atoms with Crippen LogP contribution in [0.15, 0.2) is 0 Å². The van der Waals surface area contributed by atoms with Crippen LogP contribution in [0.25, 0.3) is 0 Å². The molecule has 0 saturated carbocycles. The van der Waals surface area contributed by atoms with E-state index in [-0.39, 0.29) is 6.61 Å². The van der Waals surface area contributed by atoms with Crippen molar-refractivity contribution in [2.24, 2.45) is 0 Å². The highest BCUT2D eigenvalue weighted by Gasteiger charge is 2.46. The zero-order valence-electron chi connectivity index (χ0n) is 10.8. The van der Waals surface area contributed by atoms with Gasteiger partial charge in [-0.2, -0.15) is 0 Å². The van der Waals surface area contributed by atoms with E-state index in [4.69, 9.17) is 18.9 Å². The SMILES string of the molecule is CC(=O)O[C@H]1[C@H](OC(C)=O)C(O)OC[C@H]1OC(C)=O. The number of hydrogen-bond acceptors (Lipinski definition) is 8. The third-order valence-corrected chi connectivity index (χ3v) is 2.32. The zero-order valence-corrected chi connectivity index (χ0v) is 10.8. The molecule has 0 aliphatic carbocycles. The van der Waals surface area contributed by atoms with Gasteiger partial charge in [0.1, 0.15) is 0 Å². The molecule has 8 heteroatoms. The molecule has 1 saturated heterocycles. The van der Waals surface area contributed by atoms with Gasteiger partial charge in [0, 0.05) is 20.8 Å². The molecule has 1 aliphatic rings. The summed E-state index contributed by atoms with van der Waals surface area (Å²) >= 11 is 0. The molecule has 1 rings (SSSR count). The Bertz CT molecular complexity index is 366. The first kappa shape index (κ1) is 15.4. The first-order chi connectivity index (χ1) is 8.81. The molecule has 0 aromatic rings. The number of carbonyl (C=O) groups is 3. The van der Waals surface area contributed by atoms with Gasteiger partial charge in [-0.05, 0) is 0 Å². The fourth-order valence-electron chi connectivity index (χ4n) is 1.72. The standard InChI is InChI=1S/C11H16O8/c1-5(12)17-8-4-16-11(15)10(19-7(3)14)9(8)18-6(2)13/h8-11,15H,4H2,1-3H3/t8-,9-,10+,11?/m1/s1. The van der Waals surface area contributed by atoms with Crippen LogP contribution in [0.4, 0.5) is 0 Å². The molecule has 1 unspecified atom stereocenters. The molecule has 0 spiro atoms. The van der Waals surface area contributed by atoms with Crippen LogP contribution < -0.4 is 0 Å². The minimum absolute atomic E-state index is 0.170. The van der Waals surface area contributed by atoms with Crippen molar-refractivity contribution in [3.05, 3.63) is 0 Å². The van der Waals surface area contributed by atoms with E-state index >= 15 is 0 Å². The van der Waals surface area contributed by atoms with E-state index in [1.165, 1.54) is 6.92 Å². The van der Waals surface area contributed by atoms with Crippen LogP contribution in [0.1, 0.15) is 20.8 Å². The number of aliphatic hydroxyl groups excluding tert-OH is 1. The summed E-state index contributed by atoms with van der Waals surface area (Å²) in [5, 5.41) is 9.62. The highest BCUT2D eigenvalue weighted by Crippen LogP contribution is 2.23. The van der Waals surface area contributed by atoms with E-state index < -0.39 is 42.5 Å². The fourth-order valence-corrected chi connectivity index (χ4v) is 1.72. The van der Waals surface area contributed by atoms with E-state index in [9.17, 15) is 19.5 Å². The third-order valence-electron chi connectivity index (χ3n) is 2.32. The Hall–Kier alpha value is -1.67. The predicted molar refractivity (Wildman–Crippen MR) is 58.6 cm³/mol. The molecular formula is C11H16O8. The van der Waals surface area contributed by atoms with Gasteiger partial charge in [-0.25, -0.2) is 0 Å². The molecule has 4 atom stereocenters. The molecule has 1 fully saturated rings. The number of esters is 3. The Morgan fingerprint density at radius 2 is 1.42 bits per heavy atom. The quantitative estimate of drug-likeness (QED) is 0.523. The number of hydrogen-bond donors (Lipinski definition) is 1. The first-order valence-corrected chi connectivity index (χ1v) is 5.62. The van der Waals surface area contributed by atoms with E-state index in [2.05, 4.69) is 0 Å². The molecule has 0 radical (unpaired) electrons. The maximum atomic E-state index is 11.1. The normalized spacial score (nSPS) is 30.3. The number of aliphatic hydroxyl groups is 1. The second kappa shape index (κ2) is 6.48. The molecule has 108 valence electrons. The summed E-state index contributed by atoms with van der Waals surface area (Å²) in [5.41, 5.74) is 0. The second-order valence-corrected chi connectivity index (χ2v) is 4.02. The summed E-state index contributed by atoms with van der Waals surface area (Å²) < 4.78 is 19.6. The van der Waals surface area contributed by atoms with Crippen molar-refractivity contribution < 1.29 is 38.4 Å². The van der Waals surface area contributed by atoms with Gasteiger partial charge in [0.2, 0.25) is 0 Å². The zero-order chi connectivity index (χ0) is 14.6. The van der Waals surface area contributed by atoms with Crippen LogP contribution in [0.3, 0.4) is 0 Å². The molecule has 1 N–H and O–H groups in total. The van der Waals surface area contributed by atoms with E-state index in [1.54, 1.807) is 0 Å². The monoisotopic (exact) mass is 276 g/mol. The summed E-state index contributed by atoms with van der Waals surface area (Å²) in [6, 6.07) is 0. The Kier molecular flexibility index (Phi) is 5.25. The minimum atomic E-state index is -1.46. The fraction of sp³-hybridized carbons (Fsp3) is 0.727. The largest absolute Gasteiger partial charge is 0.456 e. The van der Waals surface area contributed by atoms with Gasteiger partial charge in [-0.15, -0.1) is 0 Å². The van der Waals surface area contributed by atoms with Crippen molar-refractivity contribution in [3.8, 4) is 0 Å². The van der Waals surface area contributed by atoms with Crippen LogP contribution in [-0.4, -0.2) is 54.2 Å². The van der Waals surface area contributed by atoms with Gasteiger partial charge in [0.25, 0.3) is 0 Å². The van der Waals surface area contributed by atoms with Crippen LogP contribution >= 0.6 is 0 Å². The van der Waals surface area contributed by atoms with Gasteiger partial charge in [-0.3, -0.25) is 14.4 Å². The smallest absolute Gasteiger partial charge is 0.303 e. The lowest BCUT2D eigenvalue weighted by Crippen LogP contribution is -2.57. The van der Waals surface area contributed by atoms with Crippen LogP contribution in [0.5, 0.6) is 0 Å². The van der Waals surface area contributed by atoms with Crippen molar-refractivity contribution >= 4 is 17.9 Å². The third kappa shape index (κ3) is 4.49. The number of rotatable bonds is 3. The van der Waals surface area contributed by atoms with Gasteiger partial charge in [-0.1, -0.05) is 0 Å². The van der Waals surface area contributed by atoms with Crippen LogP contribution in [0.2, 0.25) is 0 Å². The lowest BCUT2D eigenvalue weighted by atomic mass is 10.0. The highest BCUT2D eigenvalue weighted by atomic mass is 16.7. The molecule has 19 heavy (non-hydrogen) atoms. The van der Waals surface area contributed by atoms with Crippen molar-refractivity contribution in [3.63, 3.8) is 0 Å². The molecule has 8 nitrogen and oxygen atoms in total. The Labute approximate surface area is 109 Å². The van der Waals surface area contributed by atoms with E-state index in [0.717, 1.165) is 13.8 Å². The Balaban J connectivity index is 2.89. The molecule has 1 aliphatic heterocycles. The minimum Gasteiger partial charge on any atom is -0.456 e. The lowest BCUT2D eigenvalue weighted by molar-refractivity contribution is -0.267. The maximum absolute atomic E-state index is 11.1. The van der Waals surface area contributed by atoms with Gasteiger partial charge < -0.3 is 24.1 Å². The lowest BCUT2D eigenvalue weighted by Gasteiger charge is -2.38. The van der Waals surface area contributed by atoms with Gasteiger partial charge in [0.15, 0.2) is 24.6 Å². The molecular weight excluding hydrogens is 260 g/mol. The molecule has 0 aromatic carbocycles. The predicted octanol–water partition coefficient (Wildman–Crippen LogP) is -0.870. The second-order valence-electron chi connectivity index (χ2n) is 4.02.